The molecule has 20 unspecified atom stereocenters. The Bertz CT molecular complexity index is 1060. The van der Waals surface area contributed by atoms with Gasteiger partial charge < -0.3 is 0 Å². The van der Waals surface area contributed by atoms with Crippen LogP contribution in [0.2, 0.25) is 0 Å². The van der Waals surface area contributed by atoms with Gasteiger partial charge in [0.15, 0.2) is 0 Å². The Kier molecular flexibility index (Phi) is 9.77. The quantitative estimate of drug-likeness (QED) is 0.289. The van der Waals surface area contributed by atoms with E-state index in [1.165, 1.54) is 6.42 Å². The van der Waals surface area contributed by atoms with Crippen molar-refractivity contribution >= 4 is 0 Å². The van der Waals surface area contributed by atoms with Crippen LogP contribution in [0.4, 0.5) is 0 Å². The molecular weight excluding hydrogens is 553 g/mol. The third kappa shape index (κ3) is 5.21. The van der Waals surface area contributed by atoms with Crippen LogP contribution in [0.3, 0.4) is 0 Å². The third-order valence-electron chi connectivity index (χ3n) is 19.7. The van der Waals surface area contributed by atoms with E-state index in [-0.39, 0.29) is 0 Å². The summed E-state index contributed by atoms with van der Waals surface area (Å²) in [5.41, 5.74) is 1.13. The number of hydrogen-bond donors (Lipinski definition) is 0. The highest BCUT2D eigenvalue weighted by molar-refractivity contribution is 5.18. The van der Waals surface area contributed by atoms with Crippen LogP contribution in [-0.4, -0.2) is 0 Å². The minimum Gasteiger partial charge on any atom is -0.0620 e. The van der Waals surface area contributed by atoms with Crippen molar-refractivity contribution < 1.29 is 0 Å². The summed E-state index contributed by atoms with van der Waals surface area (Å²) in [7, 11) is 0. The zero-order valence-corrected chi connectivity index (χ0v) is 34.9. The molecule has 0 heteroatoms. The van der Waals surface area contributed by atoms with Gasteiger partial charge >= 0.3 is 0 Å². The fourth-order valence-electron chi connectivity index (χ4n) is 16.3. The van der Waals surface area contributed by atoms with Gasteiger partial charge in [0, 0.05) is 0 Å². The first kappa shape index (κ1) is 37.3. The molecule has 0 heterocycles. The minimum absolute atomic E-state index is 0.333. The molecule has 5 fully saturated rings. The van der Waals surface area contributed by atoms with E-state index in [9.17, 15) is 0 Å². The molecular formula is C46H84. The molecule has 20 atom stereocenters. The molecule has 0 bridgehead atoms. The van der Waals surface area contributed by atoms with Gasteiger partial charge in [0.1, 0.15) is 0 Å². The lowest BCUT2D eigenvalue weighted by Crippen LogP contribution is -2.63. The van der Waals surface area contributed by atoms with Crippen molar-refractivity contribution in [1.82, 2.24) is 0 Å². The summed E-state index contributed by atoms with van der Waals surface area (Å²) < 4.78 is 0. The number of rotatable bonds is 3. The monoisotopic (exact) mass is 637 g/mol. The van der Waals surface area contributed by atoms with Crippen molar-refractivity contribution in [3.63, 3.8) is 0 Å². The molecule has 0 aromatic heterocycles. The average molecular weight is 637 g/mol. The molecule has 5 rings (SSSR count). The summed E-state index contributed by atoms with van der Waals surface area (Å²) in [5, 5.41) is 0. The maximum absolute atomic E-state index is 2.83. The summed E-state index contributed by atoms with van der Waals surface area (Å²) in [4.78, 5) is 0. The van der Waals surface area contributed by atoms with E-state index in [2.05, 4.69) is 138 Å². The Hall–Kier alpha value is 0. The first-order valence-electron chi connectivity index (χ1n) is 20.9. The Morgan fingerprint density at radius 3 is 1.13 bits per heavy atom. The summed E-state index contributed by atoms with van der Waals surface area (Å²) in [6, 6.07) is 0. The maximum Gasteiger partial charge on any atom is -0.0287 e. The average Bonchev–Trinajstić information content (AvgIpc) is 3.17. The smallest absolute Gasteiger partial charge is 0.0287 e. The van der Waals surface area contributed by atoms with Crippen LogP contribution in [-0.2, 0) is 0 Å². The van der Waals surface area contributed by atoms with E-state index in [1.807, 2.05) is 0 Å². The van der Waals surface area contributed by atoms with Crippen LogP contribution in [0.25, 0.3) is 0 Å². The standard InChI is InChI=1S/C46H84/c1-22-23(2)30(9)38-36(28(22)7)37-29(8)24(3)25(4)31(10)39(37)43-40(38)42(34(13)45(43,17)18)46(19,20)41-32(11)26(5)35(21-44(14,15)16)27(6)33(41)12/h22-43H,21H2,1-20H3. The highest BCUT2D eigenvalue weighted by atomic mass is 14.8. The van der Waals surface area contributed by atoms with E-state index < -0.39 is 0 Å². The van der Waals surface area contributed by atoms with Gasteiger partial charge in [-0.05, 0) is 153 Å². The SMILES string of the molecule is CC1C(C)C(C)C2C(C1C)C1C(C)C(C)C(C)C(C)C1C1C2C(C(C)(C)C2C(C)C(C)C(CC(C)(C)C)C(C)C2C)C(C)C1(C)C. The van der Waals surface area contributed by atoms with Crippen LogP contribution in [0.1, 0.15) is 145 Å². The molecule has 0 radical (unpaired) electrons. The predicted octanol–water partition coefficient (Wildman–Crippen LogP) is 13.4. The number of fused-ring (bicyclic) bond motifs is 6. The molecule has 268 valence electrons. The molecule has 0 saturated heterocycles. The summed E-state index contributed by atoms with van der Waals surface area (Å²) in [6.07, 6.45) is 1.37. The van der Waals surface area contributed by atoms with E-state index >= 15 is 0 Å². The van der Waals surface area contributed by atoms with Crippen LogP contribution in [0.15, 0.2) is 0 Å². The van der Waals surface area contributed by atoms with Crippen molar-refractivity contribution in [1.29, 1.82) is 0 Å². The fraction of sp³-hybridized carbons (Fsp3) is 1.00. The van der Waals surface area contributed by atoms with Crippen LogP contribution >= 0.6 is 0 Å². The van der Waals surface area contributed by atoms with Gasteiger partial charge in [0.05, 0.1) is 0 Å². The Morgan fingerprint density at radius 2 is 0.739 bits per heavy atom. The summed E-state index contributed by atoms with van der Waals surface area (Å²) in [5.74, 6) is 18.4. The van der Waals surface area contributed by atoms with Crippen molar-refractivity contribution in [3.8, 4) is 0 Å². The van der Waals surface area contributed by atoms with Gasteiger partial charge in [0.25, 0.3) is 0 Å². The maximum atomic E-state index is 2.83. The molecule has 0 aromatic rings. The zero-order valence-electron chi connectivity index (χ0n) is 34.9. The second-order valence-electron chi connectivity index (χ2n) is 22.6. The lowest BCUT2D eigenvalue weighted by molar-refractivity contribution is -0.202. The molecule has 5 aliphatic carbocycles. The first-order chi connectivity index (χ1) is 20.9. The molecule has 0 aliphatic heterocycles. The summed E-state index contributed by atoms with van der Waals surface area (Å²) in [6.45, 7) is 53.7. The van der Waals surface area contributed by atoms with Crippen molar-refractivity contribution in [2.45, 2.75) is 145 Å². The van der Waals surface area contributed by atoms with Crippen LogP contribution < -0.4 is 0 Å². The van der Waals surface area contributed by atoms with E-state index in [4.69, 9.17) is 0 Å². The molecule has 5 aliphatic rings. The van der Waals surface area contributed by atoms with Gasteiger partial charge in [-0.25, -0.2) is 0 Å². The zero-order chi connectivity index (χ0) is 34.9. The van der Waals surface area contributed by atoms with Crippen LogP contribution in [0, 0.1) is 146 Å². The fourth-order valence-corrected chi connectivity index (χ4v) is 16.3. The highest BCUT2D eigenvalue weighted by Gasteiger charge is 2.71. The lowest BCUT2D eigenvalue weighted by atomic mass is 9.37. The highest BCUT2D eigenvalue weighted by Crippen LogP contribution is 2.76. The van der Waals surface area contributed by atoms with Crippen LogP contribution in [0.5, 0.6) is 0 Å². The molecule has 0 amide bonds. The second-order valence-corrected chi connectivity index (χ2v) is 22.6. The Balaban J connectivity index is 1.66. The van der Waals surface area contributed by atoms with Gasteiger partial charge in [-0.1, -0.05) is 138 Å². The van der Waals surface area contributed by atoms with E-state index in [0.717, 1.165) is 130 Å². The molecule has 0 spiro atoms. The Morgan fingerprint density at radius 1 is 0.391 bits per heavy atom. The first-order valence-corrected chi connectivity index (χ1v) is 20.9. The van der Waals surface area contributed by atoms with Gasteiger partial charge in [0.2, 0.25) is 0 Å². The van der Waals surface area contributed by atoms with Gasteiger partial charge in [-0.3, -0.25) is 0 Å². The van der Waals surface area contributed by atoms with E-state index in [1.54, 1.807) is 0 Å². The largest absolute Gasteiger partial charge is 0.0620 e. The van der Waals surface area contributed by atoms with Gasteiger partial charge in [-0.15, -0.1) is 0 Å². The molecule has 0 N–H and O–H groups in total. The topological polar surface area (TPSA) is 0 Å². The Labute approximate surface area is 290 Å². The third-order valence-corrected chi connectivity index (χ3v) is 19.7. The molecule has 0 aromatic carbocycles. The molecule has 5 saturated carbocycles. The molecule has 0 nitrogen and oxygen atoms in total. The second kappa shape index (κ2) is 12.1. The molecule has 46 heavy (non-hydrogen) atoms. The van der Waals surface area contributed by atoms with Crippen molar-refractivity contribution in [2.24, 2.45) is 146 Å². The lowest BCUT2D eigenvalue weighted by Gasteiger charge is -2.67. The van der Waals surface area contributed by atoms with Crippen molar-refractivity contribution in [2.75, 3.05) is 0 Å². The normalized spacial score (nSPS) is 57.4. The predicted molar refractivity (Wildman–Crippen MR) is 202 cm³/mol. The summed E-state index contributed by atoms with van der Waals surface area (Å²) >= 11 is 0. The minimum atomic E-state index is 0.333. The van der Waals surface area contributed by atoms with Crippen molar-refractivity contribution in [3.05, 3.63) is 0 Å². The van der Waals surface area contributed by atoms with E-state index in [0.29, 0.717) is 16.2 Å². The number of hydrogen-bond acceptors (Lipinski definition) is 0. The van der Waals surface area contributed by atoms with Gasteiger partial charge in [-0.2, -0.15) is 0 Å².